The summed E-state index contributed by atoms with van der Waals surface area (Å²) in [4.78, 5) is 12.4. The lowest BCUT2D eigenvalue weighted by Crippen LogP contribution is -2.35. The van der Waals surface area contributed by atoms with Gasteiger partial charge >= 0.3 is 0 Å². The first kappa shape index (κ1) is 16.1. The Hall–Kier alpha value is -2.29. The van der Waals surface area contributed by atoms with E-state index in [1.54, 1.807) is 6.07 Å². The summed E-state index contributed by atoms with van der Waals surface area (Å²) in [6.07, 6.45) is 0.921. The highest BCUT2D eigenvalue weighted by Crippen LogP contribution is 2.21. The topological polar surface area (TPSA) is 55.1 Å². The molecule has 0 aromatic heterocycles. The lowest BCUT2D eigenvalue weighted by atomic mass is 9.85. The highest BCUT2D eigenvalue weighted by Gasteiger charge is 2.20. The van der Waals surface area contributed by atoms with Crippen molar-refractivity contribution in [2.75, 3.05) is 12.3 Å². The fourth-order valence-corrected chi connectivity index (χ4v) is 2.51. The number of aryl methyl sites for hydroxylation is 1. The number of hydrogen-bond acceptors (Lipinski definition) is 2. The first-order valence-electron chi connectivity index (χ1n) is 7.56. The third-order valence-electron chi connectivity index (χ3n) is 3.76. The largest absolute Gasteiger partial charge is 0.399 e. The summed E-state index contributed by atoms with van der Waals surface area (Å²) in [6.45, 7) is 6.86. The van der Waals surface area contributed by atoms with Gasteiger partial charge in [0.1, 0.15) is 0 Å². The monoisotopic (exact) mass is 296 g/mol. The zero-order chi connectivity index (χ0) is 16.2. The predicted molar refractivity (Wildman–Crippen MR) is 91.9 cm³/mol. The van der Waals surface area contributed by atoms with Crippen LogP contribution in [0.1, 0.15) is 35.3 Å². The summed E-state index contributed by atoms with van der Waals surface area (Å²) in [5.41, 5.74) is 9.24. The molecule has 3 N–H and O–H groups in total. The maximum absolute atomic E-state index is 12.4. The number of amides is 1. The van der Waals surface area contributed by atoms with Crippen LogP contribution in [0.4, 0.5) is 5.69 Å². The Bertz CT molecular complexity index is 648. The Morgan fingerprint density at radius 2 is 1.82 bits per heavy atom. The van der Waals surface area contributed by atoms with Crippen molar-refractivity contribution in [3.05, 3.63) is 65.2 Å². The Kier molecular flexibility index (Phi) is 4.86. The van der Waals surface area contributed by atoms with E-state index < -0.39 is 0 Å². The molecule has 0 bridgehead atoms. The third-order valence-corrected chi connectivity index (χ3v) is 3.76. The van der Waals surface area contributed by atoms with Crippen LogP contribution in [0.3, 0.4) is 0 Å². The molecule has 3 nitrogen and oxygen atoms in total. The minimum absolute atomic E-state index is 0.00869. The van der Waals surface area contributed by atoms with E-state index in [-0.39, 0.29) is 11.3 Å². The van der Waals surface area contributed by atoms with Gasteiger partial charge in [-0.1, -0.05) is 50.2 Å². The number of hydrogen-bond donors (Lipinski definition) is 2. The Labute approximate surface area is 132 Å². The fraction of sp³-hybridized carbons (Fsp3) is 0.316. The maximum Gasteiger partial charge on any atom is 0.251 e. The second kappa shape index (κ2) is 6.65. The van der Waals surface area contributed by atoms with Crippen molar-refractivity contribution in [1.82, 2.24) is 5.32 Å². The molecule has 0 aliphatic heterocycles. The van der Waals surface area contributed by atoms with Crippen LogP contribution >= 0.6 is 0 Å². The van der Waals surface area contributed by atoms with Crippen molar-refractivity contribution in [1.29, 1.82) is 0 Å². The Balaban J connectivity index is 1.99. The highest BCUT2D eigenvalue weighted by atomic mass is 16.1. The summed E-state index contributed by atoms with van der Waals surface area (Å²) in [7, 11) is 0. The van der Waals surface area contributed by atoms with Gasteiger partial charge in [0.05, 0.1) is 0 Å². The minimum atomic E-state index is -0.0639. The molecule has 0 atom stereocenters. The molecule has 0 heterocycles. The third kappa shape index (κ3) is 4.35. The van der Waals surface area contributed by atoms with E-state index in [0.717, 1.165) is 12.0 Å². The Morgan fingerprint density at radius 3 is 2.50 bits per heavy atom. The van der Waals surface area contributed by atoms with Gasteiger partial charge in [-0.05, 0) is 42.0 Å². The van der Waals surface area contributed by atoms with Gasteiger partial charge in [-0.3, -0.25) is 4.79 Å². The van der Waals surface area contributed by atoms with Gasteiger partial charge in [-0.25, -0.2) is 0 Å². The molecular formula is C19H24N2O. The molecule has 116 valence electrons. The number of anilines is 1. The number of nitrogens with one attached hydrogen (secondary N) is 1. The quantitative estimate of drug-likeness (QED) is 0.829. The molecule has 0 radical (unpaired) electrons. The van der Waals surface area contributed by atoms with E-state index in [1.165, 1.54) is 5.56 Å². The first-order chi connectivity index (χ1) is 10.4. The number of rotatable bonds is 5. The van der Waals surface area contributed by atoms with E-state index in [4.69, 9.17) is 5.73 Å². The molecule has 1 amide bonds. The van der Waals surface area contributed by atoms with E-state index in [0.29, 0.717) is 17.8 Å². The molecule has 0 aliphatic carbocycles. The summed E-state index contributed by atoms with van der Waals surface area (Å²) in [6, 6.07) is 15.7. The van der Waals surface area contributed by atoms with Crippen molar-refractivity contribution < 1.29 is 4.79 Å². The molecule has 3 heteroatoms. The molecule has 0 fully saturated rings. The second-order valence-corrected chi connectivity index (χ2v) is 6.58. The molecule has 0 unspecified atom stereocenters. The molecule has 2 aromatic carbocycles. The van der Waals surface area contributed by atoms with Crippen molar-refractivity contribution in [3.63, 3.8) is 0 Å². The second-order valence-electron chi connectivity index (χ2n) is 6.58. The molecule has 2 rings (SSSR count). The molecule has 0 saturated carbocycles. The lowest BCUT2D eigenvalue weighted by molar-refractivity contribution is 0.0936. The normalized spacial score (nSPS) is 11.2. The number of nitrogen functional groups attached to an aromatic ring is 1. The average molecular weight is 296 g/mol. The van der Waals surface area contributed by atoms with Gasteiger partial charge in [-0.15, -0.1) is 0 Å². The average Bonchev–Trinajstić information content (AvgIpc) is 2.48. The standard InChI is InChI=1S/C19H24N2O/c1-14-9-10-16(20)11-17(14)18(22)21-13-19(2,3)12-15-7-5-4-6-8-15/h4-11H,12-13,20H2,1-3H3,(H,21,22). The van der Waals surface area contributed by atoms with Gasteiger partial charge in [0.15, 0.2) is 0 Å². The number of nitrogens with two attached hydrogens (primary N) is 1. The number of benzene rings is 2. The lowest BCUT2D eigenvalue weighted by Gasteiger charge is -2.25. The molecule has 0 aliphatic rings. The van der Waals surface area contributed by atoms with Crippen molar-refractivity contribution in [2.24, 2.45) is 5.41 Å². The van der Waals surface area contributed by atoms with E-state index in [2.05, 4.69) is 31.3 Å². The summed E-state index contributed by atoms with van der Waals surface area (Å²) >= 11 is 0. The number of carbonyl (C=O) groups is 1. The van der Waals surface area contributed by atoms with Gasteiger partial charge in [-0.2, -0.15) is 0 Å². The zero-order valence-corrected chi connectivity index (χ0v) is 13.5. The van der Waals surface area contributed by atoms with Crippen LogP contribution in [0.25, 0.3) is 0 Å². The van der Waals surface area contributed by atoms with Gasteiger partial charge in [0.25, 0.3) is 5.91 Å². The van der Waals surface area contributed by atoms with Crippen LogP contribution in [0.5, 0.6) is 0 Å². The van der Waals surface area contributed by atoms with Crippen LogP contribution in [0.15, 0.2) is 48.5 Å². The van der Waals surface area contributed by atoms with Crippen molar-refractivity contribution in [3.8, 4) is 0 Å². The summed E-state index contributed by atoms with van der Waals surface area (Å²) in [5, 5.41) is 3.03. The molecule has 2 aromatic rings. The molecule has 22 heavy (non-hydrogen) atoms. The van der Waals surface area contributed by atoms with E-state index in [9.17, 15) is 4.79 Å². The van der Waals surface area contributed by atoms with Crippen molar-refractivity contribution in [2.45, 2.75) is 27.2 Å². The first-order valence-corrected chi connectivity index (χ1v) is 7.56. The summed E-state index contributed by atoms with van der Waals surface area (Å²) < 4.78 is 0. The van der Waals surface area contributed by atoms with E-state index >= 15 is 0 Å². The zero-order valence-electron chi connectivity index (χ0n) is 13.5. The molecule has 0 spiro atoms. The maximum atomic E-state index is 12.4. The highest BCUT2D eigenvalue weighted by molar-refractivity contribution is 5.96. The minimum Gasteiger partial charge on any atom is -0.399 e. The van der Waals surface area contributed by atoms with Crippen molar-refractivity contribution >= 4 is 11.6 Å². The van der Waals surface area contributed by atoms with Crippen LogP contribution in [0, 0.1) is 12.3 Å². The SMILES string of the molecule is Cc1ccc(N)cc1C(=O)NCC(C)(C)Cc1ccccc1. The van der Waals surface area contributed by atoms with Crippen LogP contribution in [-0.2, 0) is 6.42 Å². The van der Waals surface area contributed by atoms with Gasteiger partial charge in [0, 0.05) is 17.8 Å². The fourth-order valence-electron chi connectivity index (χ4n) is 2.51. The van der Waals surface area contributed by atoms with E-state index in [1.807, 2.05) is 37.3 Å². The van der Waals surface area contributed by atoms with Gasteiger partial charge < -0.3 is 11.1 Å². The Morgan fingerprint density at radius 1 is 1.14 bits per heavy atom. The predicted octanol–water partition coefficient (Wildman–Crippen LogP) is 3.58. The molecular weight excluding hydrogens is 272 g/mol. The molecule has 0 saturated heterocycles. The van der Waals surface area contributed by atoms with Gasteiger partial charge in [0.2, 0.25) is 0 Å². The van der Waals surface area contributed by atoms with Crippen LogP contribution < -0.4 is 11.1 Å². The van der Waals surface area contributed by atoms with Crippen LogP contribution in [-0.4, -0.2) is 12.5 Å². The number of carbonyl (C=O) groups excluding carboxylic acids is 1. The van der Waals surface area contributed by atoms with Crippen LogP contribution in [0.2, 0.25) is 0 Å². The summed E-state index contributed by atoms with van der Waals surface area (Å²) in [5.74, 6) is -0.0639. The smallest absolute Gasteiger partial charge is 0.251 e.